The number of hydrogen-bond donors (Lipinski definition) is 2. The summed E-state index contributed by atoms with van der Waals surface area (Å²) < 4.78 is 17.9. The number of para-hydroxylation sites is 1. The van der Waals surface area contributed by atoms with Gasteiger partial charge in [-0.05, 0) is 42.8 Å². The Hall–Kier alpha value is -3.78. The summed E-state index contributed by atoms with van der Waals surface area (Å²) in [6.07, 6.45) is -0.495. The van der Waals surface area contributed by atoms with Crippen molar-refractivity contribution in [3.05, 3.63) is 66.1 Å². The van der Waals surface area contributed by atoms with E-state index in [2.05, 4.69) is 10.4 Å². The second-order valence-electron chi connectivity index (χ2n) is 7.35. The minimum Gasteiger partial charge on any atom is -0.497 e. The predicted octanol–water partition coefficient (Wildman–Crippen LogP) is 3.70. The Morgan fingerprint density at radius 1 is 1.16 bits per heavy atom. The summed E-state index contributed by atoms with van der Waals surface area (Å²) in [6.45, 7) is 0.278. The van der Waals surface area contributed by atoms with Crippen LogP contribution in [0.25, 0.3) is 22.2 Å². The highest BCUT2D eigenvalue weighted by molar-refractivity contribution is 5.94. The number of fused-ring (bicyclic) bond motifs is 1. The molecule has 2 aromatic heterocycles. The van der Waals surface area contributed by atoms with Gasteiger partial charge in [0.2, 0.25) is 0 Å². The molecule has 4 rings (SSSR count). The van der Waals surface area contributed by atoms with Crippen LogP contribution in [0.4, 0.5) is 0 Å². The smallest absolute Gasteiger partial charge is 0.269 e. The van der Waals surface area contributed by atoms with Gasteiger partial charge in [-0.3, -0.25) is 9.48 Å². The Morgan fingerprint density at radius 2 is 1.97 bits per heavy atom. The van der Waals surface area contributed by atoms with Gasteiger partial charge in [0.1, 0.15) is 34.6 Å². The molecule has 4 aromatic rings. The third-order valence-electron chi connectivity index (χ3n) is 5.27. The van der Waals surface area contributed by atoms with Gasteiger partial charge in [0.05, 0.1) is 19.9 Å². The van der Waals surface area contributed by atoms with Crippen molar-refractivity contribution in [3.63, 3.8) is 0 Å². The number of nitrogens with zero attached hydrogens (tertiary/aromatic N) is 2. The molecular formula is C24H25N3O5. The zero-order valence-corrected chi connectivity index (χ0v) is 18.2. The maximum absolute atomic E-state index is 12.7. The third-order valence-corrected chi connectivity index (χ3v) is 5.27. The van der Waals surface area contributed by atoms with Crippen molar-refractivity contribution in [1.82, 2.24) is 15.1 Å². The van der Waals surface area contributed by atoms with Gasteiger partial charge in [-0.1, -0.05) is 18.2 Å². The van der Waals surface area contributed by atoms with Crippen LogP contribution in [-0.2, 0) is 7.05 Å². The Bertz CT molecular complexity index is 1210. The molecule has 0 aliphatic heterocycles. The van der Waals surface area contributed by atoms with Gasteiger partial charge < -0.3 is 24.3 Å². The second kappa shape index (κ2) is 9.15. The predicted molar refractivity (Wildman–Crippen MR) is 120 cm³/mol. The number of rotatable bonds is 8. The van der Waals surface area contributed by atoms with Crippen LogP contribution in [0, 0.1) is 0 Å². The summed E-state index contributed by atoms with van der Waals surface area (Å²) in [4.78, 5) is 12.7. The fourth-order valence-electron chi connectivity index (χ4n) is 3.55. The van der Waals surface area contributed by atoms with Gasteiger partial charge in [0.25, 0.3) is 5.91 Å². The summed E-state index contributed by atoms with van der Waals surface area (Å²) >= 11 is 0. The normalized spacial score (nSPS) is 12.0. The van der Waals surface area contributed by atoms with E-state index >= 15 is 0 Å². The molecule has 2 N–H and O–H groups in total. The molecule has 0 fully saturated rings. The van der Waals surface area contributed by atoms with Gasteiger partial charge >= 0.3 is 0 Å². The lowest BCUT2D eigenvalue weighted by atomic mass is 10.1. The summed E-state index contributed by atoms with van der Waals surface area (Å²) in [6, 6.07) is 16.5. The van der Waals surface area contributed by atoms with Crippen molar-refractivity contribution in [2.45, 2.75) is 12.5 Å². The lowest BCUT2D eigenvalue weighted by Gasteiger charge is -2.09. The number of aliphatic hydroxyl groups is 1. The van der Waals surface area contributed by atoms with E-state index in [0.717, 1.165) is 16.5 Å². The van der Waals surface area contributed by atoms with Crippen LogP contribution in [-0.4, -0.2) is 41.6 Å². The number of aryl methyl sites for hydroxylation is 1. The molecule has 1 atom stereocenters. The molecule has 2 aromatic carbocycles. The molecule has 1 unspecified atom stereocenters. The Kier molecular flexibility index (Phi) is 6.13. The second-order valence-corrected chi connectivity index (χ2v) is 7.35. The number of methoxy groups -OCH3 is 2. The van der Waals surface area contributed by atoms with Crippen molar-refractivity contribution in [3.8, 4) is 22.8 Å². The van der Waals surface area contributed by atoms with Crippen molar-refractivity contribution in [2.24, 2.45) is 7.05 Å². The average molecular weight is 435 g/mol. The van der Waals surface area contributed by atoms with Gasteiger partial charge in [-0.2, -0.15) is 5.10 Å². The number of aromatic nitrogens is 2. The highest BCUT2D eigenvalue weighted by Gasteiger charge is 2.18. The van der Waals surface area contributed by atoms with Crippen molar-refractivity contribution < 1.29 is 23.8 Å². The maximum Gasteiger partial charge on any atom is 0.269 e. The number of hydrogen-bond acceptors (Lipinski definition) is 6. The zero-order valence-electron chi connectivity index (χ0n) is 18.2. The Balaban J connectivity index is 1.42. The van der Waals surface area contributed by atoms with E-state index < -0.39 is 6.10 Å². The topological polar surface area (TPSA) is 98.8 Å². The highest BCUT2D eigenvalue weighted by atomic mass is 16.5. The third kappa shape index (κ3) is 4.31. The molecule has 1 amide bonds. The number of ether oxygens (including phenoxy) is 2. The van der Waals surface area contributed by atoms with E-state index in [-0.39, 0.29) is 12.5 Å². The van der Waals surface area contributed by atoms with E-state index in [1.165, 1.54) is 4.68 Å². The van der Waals surface area contributed by atoms with E-state index in [9.17, 15) is 9.90 Å². The molecule has 0 spiro atoms. The number of nitrogens with one attached hydrogen (secondary N) is 1. The molecule has 0 aliphatic carbocycles. The molecule has 166 valence electrons. The van der Waals surface area contributed by atoms with Crippen LogP contribution >= 0.6 is 0 Å². The Labute approximate surface area is 185 Å². The van der Waals surface area contributed by atoms with Crippen molar-refractivity contribution in [2.75, 3.05) is 20.8 Å². The quantitative estimate of drug-likeness (QED) is 0.438. The van der Waals surface area contributed by atoms with E-state index in [4.69, 9.17) is 13.9 Å². The monoisotopic (exact) mass is 435 g/mol. The molecule has 2 heterocycles. The first kappa shape index (κ1) is 21.5. The summed E-state index contributed by atoms with van der Waals surface area (Å²) in [5, 5.41) is 18.7. The fraction of sp³-hybridized carbons (Fsp3) is 0.250. The number of furan rings is 1. The van der Waals surface area contributed by atoms with E-state index in [0.29, 0.717) is 35.1 Å². The standard InChI is InChI=1S/C24H25N3O5/c1-27-19(14-18(26-27)17-13-16(30-2)8-9-22(17)31-3)24(29)25-11-10-20(28)23-12-15-6-4-5-7-21(15)32-23/h4-9,12-14,20,28H,10-11H2,1-3H3,(H,25,29). The molecule has 8 nitrogen and oxygen atoms in total. The molecule has 0 saturated carbocycles. The van der Waals surface area contributed by atoms with E-state index in [1.807, 2.05) is 36.4 Å². The average Bonchev–Trinajstić information content (AvgIpc) is 3.42. The fourth-order valence-corrected chi connectivity index (χ4v) is 3.55. The summed E-state index contributed by atoms with van der Waals surface area (Å²) in [5.74, 6) is 1.49. The highest BCUT2D eigenvalue weighted by Crippen LogP contribution is 2.33. The van der Waals surface area contributed by atoms with Gasteiger partial charge in [-0.15, -0.1) is 0 Å². The molecule has 8 heteroatoms. The van der Waals surface area contributed by atoms with Gasteiger partial charge in [0.15, 0.2) is 0 Å². The number of carbonyl (C=O) groups is 1. The SMILES string of the molecule is COc1ccc(OC)c(-c2cc(C(=O)NCCC(O)c3cc4ccccc4o3)n(C)n2)c1. The first-order valence-electron chi connectivity index (χ1n) is 10.2. The molecular weight excluding hydrogens is 410 g/mol. The number of aliphatic hydroxyl groups excluding tert-OH is 1. The largest absolute Gasteiger partial charge is 0.497 e. The number of amides is 1. The summed E-state index contributed by atoms with van der Waals surface area (Å²) in [5.41, 5.74) is 2.43. The van der Waals surface area contributed by atoms with E-state index in [1.54, 1.807) is 39.5 Å². The van der Waals surface area contributed by atoms with Crippen LogP contribution in [0.2, 0.25) is 0 Å². The van der Waals surface area contributed by atoms with Gasteiger partial charge in [-0.25, -0.2) is 0 Å². The number of carbonyl (C=O) groups excluding carboxylic acids is 1. The maximum atomic E-state index is 12.7. The van der Waals surface area contributed by atoms with Crippen molar-refractivity contribution >= 4 is 16.9 Å². The van der Waals surface area contributed by atoms with Crippen LogP contribution in [0.5, 0.6) is 11.5 Å². The number of benzene rings is 2. The van der Waals surface area contributed by atoms with Crippen LogP contribution in [0.3, 0.4) is 0 Å². The molecule has 32 heavy (non-hydrogen) atoms. The molecule has 0 radical (unpaired) electrons. The molecule has 0 saturated heterocycles. The van der Waals surface area contributed by atoms with Crippen molar-refractivity contribution in [1.29, 1.82) is 0 Å². The minimum absolute atomic E-state index is 0.278. The van der Waals surface area contributed by atoms with Crippen LogP contribution < -0.4 is 14.8 Å². The summed E-state index contributed by atoms with van der Waals surface area (Å²) in [7, 11) is 4.87. The van der Waals surface area contributed by atoms with Crippen LogP contribution in [0.1, 0.15) is 28.8 Å². The zero-order chi connectivity index (χ0) is 22.7. The lowest BCUT2D eigenvalue weighted by molar-refractivity contribution is 0.0927. The lowest BCUT2D eigenvalue weighted by Crippen LogP contribution is -2.27. The Morgan fingerprint density at radius 3 is 2.72 bits per heavy atom. The van der Waals surface area contributed by atoms with Gasteiger partial charge in [0, 0.05) is 24.5 Å². The molecule has 0 bridgehead atoms. The van der Waals surface area contributed by atoms with Crippen LogP contribution in [0.15, 0.2) is 59.0 Å². The first-order chi connectivity index (χ1) is 15.5. The molecule has 0 aliphatic rings. The first-order valence-corrected chi connectivity index (χ1v) is 10.2. The minimum atomic E-state index is -0.814.